The molecule has 1 amide bonds. The lowest BCUT2D eigenvalue weighted by Gasteiger charge is -2.19. The summed E-state index contributed by atoms with van der Waals surface area (Å²) in [5.74, 6) is 0.224. The summed E-state index contributed by atoms with van der Waals surface area (Å²) in [6.45, 7) is 6.85. The van der Waals surface area contributed by atoms with Crippen LogP contribution in [0.2, 0.25) is 0 Å². The van der Waals surface area contributed by atoms with Gasteiger partial charge in [-0.1, -0.05) is 0 Å². The highest BCUT2D eigenvalue weighted by Gasteiger charge is 2.14. The van der Waals surface area contributed by atoms with Crippen molar-refractivity contribution in [3.05, 3.63) is 0 Å². The Balaban J connectivity index is 2.20. The van der Waals surface area contributed by atoms with E-state index in [2.05, 4.69) is 5.32 Å². The molecule has 1 aliphatic rings. The zero-order valence-electron chi connectivity index (χ0n) is 8.92. The van der Waals surface area contributed by atoms with Gasteiger partial charge in [0.2, 0.25) is 5.91 Å². The van der Waals surface area contributed by atoms with E-state index in [-0.39, 0.29) is 5.91 Å². The molecule has 1 rings (SSSR count). The molecule has 0 aromatic rings. The highest BCUT2D eigenvalue weighted by atomic mass is 16.5. The Morgan fingerprint density at radius 1 is 1.43 bits per heavy atom. The second kappa shape index (κ2) is 6.79. The van der Waals surface area contributed by atoms with Crippen molar-refractivity contribution in [2.24, 2.45) is 0 Å². The summed E-state index contributed by atoms with van der Waals surface area (Å²) < 4.78 is 5.16. The largest absolute Gasteiger partial charge is 0.381 e. The number of nitrogens with one attached hydrogen (secondary N) is 1. The van der Waals surface area contributed by atoms with Crippen LogP contribution in [-0.4, -0.2) is 50.2 Å². The molecule has 0 unspecified atom stereocenters. The number of hydrogen-bond donors (Lipinski definition) is 1. The maximum atomic E-state index is 11.6. The van der Waals surface area contributed by atoms with Crippen molar-refractivity contribution in [2.75, 3.05) is 39.4 Å². The predicted molar refractivity (Wildman–Crippen MR) is 55.2 cm³/mol. The van der Waals surface area contributed by atoms with Gasteiger partial charge in [0.05, 0.1) is 13.0 Å². The summed E-state index contributed by atoms with van der Waals surface area (Å²) in [4.78, 5) is 13.6. The Morgan fingerprint density at radius 3 is 3.07 bits per heavy atom. The van der Waals surface area contributed by atoms with Crippen molar-refractivity contribution < 1.29 is 9.53 Å². The second-order valence-corrected chi connectivity index (χ2v) is 3.43. The van der Waals surface area contributed by atoms with Crippen LogP contribution in [0.3, 0.4) is 0 Å². The Kier molecular flexibility index (Phi) is 5.56. The molecule has 0 spiro atoms. The normalized spacial score (nSPS) is 17.9. The summed E-state index contributed by atoms with van der Waals surface area (Å²) in [5, 5.41) is 3.27. The molecule has 1 fully saturated rings. The lowest BCUT2D eigenvalue weighted by atomic mass is 10.3. The van der Waals surface area contributed by atoms with Gasteiger partial charge >= 0.3 is 0 Å². The third kappa shape index (κ3) is 4.07. The molecule has 0 radical (unpaired) electrons. The fraction of sp³-hybridized carbons (Fsp3) is 0.900. The summed E-state index contributed by atoms with van der Waals surface area (Å²) in [5.41, 5.74) is 0. The van der Waals surface area contributed by atoms with E-state index in [4.69, 9.17) is 4.74 Å². The molecule has 82 valence electrons. The maximum Gasteiger partial charge on any atom is 0.224 e. The number of amides is 1. The lowest BCUT2D eigenvalue weighted by molar-refractivity contribution is -0.132. The summed E-state index contributed by atoms with van der Waals surface area (Å²) >= 11 is 0. The van der Waals surface area contributed by atoms with Gasteiger partial charge in [0.15, 0.2) is 0 Å². The van der Waals surface area contributed by atoms with Gasteiger partial charge in [-0.05, 0) is 19.9 Å². The van der Waals surface area contributed by atoms with Crippen LogP contribution in [0.4, 0.5) is 0 Å². The van der Waals surface area contributed by atoms with Gasteiger partial charge in [-0.3, -0.25) is 4.79 Å². The zero-order chi connectivity index (χ0) is 10.2. The lowest BCUT2D eigenvalue weighted by Crippen LogP contribution is -2.34. The van der Waals surface area contributed by atoms with Crippen LogP contribution in [0.5, 0.6) is 0 Å². The first-order chi connectivity index (χ1) is 6.84. The highest BCUT2D eigenvalue weighted by molar-refractivity contribution is 5.76. The summed E-state index contributed by atoms with van der Waals surface area (Å²) in [7, 11) is 0. The third-order valence-electron chi connectivity index (χ3n) is 2.36. The van der Waals surface area contributed by atoms with Crippen molar-refractivity contribution in [1.29, 1.82) is 0 Å². The minimum atomic E-state index is 0.224. The van der Waals surface area contributed by atoms with E-state index in [9.17, 15) is 4.79 Å². The fourth-order valence-electron chi connectivity index (χ4n) is 1.56. The van der Waals surface area contributed by atoms with E-state index in [1.54, 1.807) is 0 Å². The van der Waals surface area contributed by atoms with E-state index in [0.29, 0.717) is 19.6 Å². The van der Waals surface area contributed by atoms with Crippen molar-refractivity contribution in [3.8, 4) is 0 Å². The molecule has 0 aliphatic carbocycles. The average molecular weight is 200 g/mol. The smallest absolute Gasteiger partial charge is 0.224 e. The van der Waals surface area contributed by atoms with Gasteiger partial charge in [0, 0.05) is 26.2 Å². The minimum absolute atomic E-state index is 0.224. The first-order valence-electron chi connectivity index (χ1n) is 5.41. The van der Waals surface area contributed by atoms with Crippen LogP contribution in [0, 0.1) is 0 Å². The van der Waals surface area contributed by atoms with E-state index in [1.807, 2.05) is 11.8 Å². The quantitative estimate of drug-likeness (QED) is 0.661. The molecule has 0 aromatic heterocycles. The molecular weight excluding hydrogens is 180 g/mol. The van der Waals surface area contributed by atoms with Crippen LogP contribution >= 0.6 is 0 Å². The van der Waals surface area contributed by atoms with Gasteiger partial charge in [0.1, 0.15) is 0 Å². The molecule has 1 aliphatic heterocycles. The average Bonchev–Trinajstić information content (AvgIpc) is 2.46. The monoisotopic (exact) mass is 200 g/mol. The van der Waals surface area contributed by atoms with Gasteiger partial charge in [-0.15, -0.1) is 0 Å². The summed E-state index contributed by atoms with van der Waals surface area (Å²) in [6, 6.07) is 0. The standard InChI is InChI=1S/C10H20N2O2/c1-2-14-9-4-10(13)12-7-3-5-11-6-8-12/h11H,2-9H2,1H3. The fourth-order valence-corrected chi connectivity index (χ4v) is 1.56. The third-order valence-corrected chi connectivity index (χ3v) is 2.36. The van der Waals surface area contributed by atoms with E-state index >= 15 is 0 Å². The Labute approximate surface area is 85.6 Å². The van der Waals surface area contributed by atoms with Crippen LogP contribution in [0.25, 0.3) is 0 Å². The zero-order valence-corrected chi connectivity index (χ0v) is 8.92. The molecule has 1 saturated heterocycles. The predicted octanol–water partition coefficient (Wildman–Crippen LogP) is 0.235. The van der Waals surface area contributed by atoms with Crippen molar-refractivity contribution in [3.63, 3.8) is 0 Å². The molecule has 4 heteroatoms. The van der Waals surface area contributed by atoms with Gasteiger partial charge in [0.25, 0.3) is 0 Å². The number of hydrogen-bond acceptors (Lipinski definition) is 3. The topological polar surface area (TPSA) is 41.6 Å². The molecule has 0 saturated carbocycles. The van der Waals surface area contributed by atoms with Gasteiger partial charge in [-0.25, -0.2) is 0 Å². The molecule has 1 heterocycles. The number of carbonyl (C=O) groups is 1. The Morgan fingerprint density at radius 2 is 2.29 bits per heavy atom. The van der Waals surface area contributed by atoms with E-state index in [1.165, 1.54) is 0 Å². The van der Waals surface area contributed by atoms with Crippen LogP contribution < -0.4 is 5.32 Å². The SMILES string of the molecule is CCOCCC(=O)N1CCCNCC1. The summed E-state index contributed by atoms with van der Waals surface area (Å²) in [6.07, 6.45) is 1.58. The molecular formula is C10H20N2O2. The number of ether oxygens (including phenoxy) is 1. The van der Waals surface area contributed by atoms with Gasteiger partial charge in [-0.2, -0.15) is 0 Å². The van der Waals surface area contributed by atoms with E-state index in [0.717, 1.165) is 32.6 Å². The molecule has 0 atom stereocenters. The minimum Gasteiger partial charge on any atom is -0.381 e. The number of carbonyl (C=O) groups excluding carboxylic acids is 1. The second-order valence-electron chi connectivity index (χ2n) is 3.43. The van der Waals surface area contributed by atoms with Crippen molar-refractivity contribution in [2.45, 2.75) is 19.8 Å². The van der Waals surface area contributed by atoms with E-state index < -0.39 is 0 Å². The van der Waals surface area contributed by atoms with Crippen molar-refractivity contribution in [1.82, 2.24) is 10.2 Å². The van der Waals surface area contributed by atoms with Crippen LogP contribution in [0.15, 0.2) is 0 Å². The first kappa shape index (κ1) is 11.5. The Hall–Kier alpha value is -0.610. The number of nitrogens with zero attached hydrogens (tertiary/aromatic N) is 1. The van der Waals surface area contributed by atoms with Crippen LogP contribution in [-0.2, 0) is 9.53 Å². The maximum absolute atomic E-state index is 11.6. The first-order valence-corrected chi connectivity index (χ1v) is 5.41. The molecule has 4 nitrogen and oxygen atoms in total. The van der Waals surface area contributed by atoms with Crippen LogP contribution in [0.1, 0.15) is 19.8 Å². The molecule has 1 N–H and O–H groups in total. The van der Waals surface area contributed by atoms with Gasteiger partial charge < -0.3 is 15.0 Å². The number of rotatable bonds is 4. The molecule has 0 aromatic carbocycles. The molecule has 14 heavy (non-hydrogen) atoms. The van der Waals surface area contributed by atoms with Crippen molar-refractivity contribution >= 4 is 5.91 Å². The molecule has 0 bridgehead atoms. The highest BCUT2D eigenvalue weighted by Crippen LogP contribution is 1.99. The Bertz CT molecular complexity index is 166.